The van der Waals surface area contributed by atoms with Crippen LogP contribution in [0.1, 0.15) is 24.8 Å². The van der Waals surface area contributed by atoms with Crippen LogP contribution in [-0.4, -0.2) is 35.7 Å². The van der Waals surface area contributed by atoms with Gasteiger partial charge in [0.15, 0.2) is 0 Å². The van der Waals surface area contributed by atoms with E-state index in [0.717, 1.165) is 18.4 Å². The fraction of sp³-hybridized carbons (Fsp3) is 0.471. The second-order valence-corrected chi connectivity index (χ2v) is 5.96. The Kier molecular flexibility index (Phi) is 5.55. The van der Waals surface area contributed by atoms with Crippen LogP contribution in [0, 0.1) is 11.2 Å². The van der Waals surface area contributed by atoms with Crippen molar-refractivity contribution in [3.8, 4) is 0 Å². The first-order valence-corrected chi connectivity index (χ1v) is 7.57. The van der Waals surface area contributed by atoms with Gasteiger partial charge in [-0.3, -0.25) is 0 Å². The first kappa shape index (κ1) is 16.5. The molecule has 1 fully saturated rings. The van der Waals surface area contributed by atoms with Crippen LogP contribution in [0.25, 0.3) is 0 Å². The van der Waals surface area contributed by atoms with Crippen molar-refractivity contribution in [1.82, 2.24) is 10.2 Å². The number of nitrogens with zero attached hydrogens (tertiary/aromatic N) is 1. The Hall–Kier alpha value is -1.88. The summed E-state index contributed by atoms with van der Waals surface area (Å²) in [7, 11) is 0. The molecule has 5 heteroatoms. The van der Waals surface area contributed by atoms with E-state index in [1.807, 2.05) is 0 Å². The number of halogens is 1. The Balaban J connectivity index is 1.93. The standard InChI is InChI=1S/C17H23FN2O2/c1-2-7-17(13-21)8-4-9-20(12-17)16(22)19-11-14-5-3-6-15(18)10-14/h2-3,5-6,10,21H,1,4,7-9,11-13H2,(H,19,22)/t17-/m0/s1. The lowest BCUT2D eigenvalue weighted by Gasteiger charge is -2.41. The maximum Gasteiger partial charge on any atom is 0.317 e. The Morgan fingerprint density at radius 1 is 1.55 bits per heavy atom. The van der Waals surface area contributed by atoms with E-state index in [-0.39, 0.29) is 23.9 Å². The number of likely N-dealkylation sites (tertiary alicyclic amines) is 1. The van der Waals surface area contributed by atoms with Crippen molar-refractivity contribution >= 4 is 6.03 Å². The van der Waals surface area contributed by atoms with E-state index < -0.39 is 0 Å². The molecule has 1 atom stereocenters. The van der Waals surface area contributed by atoms with Crippen LogP contribution in [0.4, 0.5) is 9.18 Å². The molecule has 0 bridgehead atoms. The number of hydrogen-bond acceptors (Lipinski definition) is 2. The van der Waals surface area contributed by atoms with E-state index in [1.54, 1.807) is 23.1 Å². The van der Waals surface area contributed by atoms with Crippen molar-refractivity contribution in [3.05, 3.63) is 48.3 Å². The number of benzene rings is 1. The van der Waals surface area contributed by atoms with Crippen molar-refractivity contribution < 1.29 is 14.3 Å². The maximum atomic E-state index is 13.1. The highest BCUT2D eigenvalue weighted by molar-refractivity contribution is 5.74. The van der Waals surface area contributed by atoms with E-state index in [9.17, 15) is 14.3 Å². The van der Waals surface area contributed by atoms with Crippen LogP contribution >= 0.6 is 0 Å². The lowest BCUT2D eigenvalue weighted by atomic mass is 9.78. The third kappa shape index (κ3) is 4.07. The first-order valence-electron chi connectivity index (χ1n) is 7.57. The molecule has 0 radical (unpaired) electrons. The summed E-state index contributed by atoms with van der Waals surface area (Å²) in [5.74, 6) is -0.310. The molecule has 0 aliphatic carbocycles. The molecule has 22 heavy (non-hydrogen) atoms. The monoisotopic (exact) mass is 306 g/mol. The van der Waals surface area contributed by atoms with Crippen molar-refractivity contribution in [3.63, 3.8) is 0 Å². The van der Waals surface area contributed by atoms with Crippen molar-refractivity contribution in [2.45, 2.75) is 25.8 Å². The van der Waals surface area contributed by atoms with Crippen molar-refractivity contribution in [1.29, 1.82) is 0 Å². The minimum Gasteiger partial charge on any atom is -0.396 e. The zero-order valence-corrected chi connectivity index (χ0v) is 12.7. The van der Waals surface area contributed by atoms with E-state index in [4.69, 9.17) is 0 Å². The Morgan fingerprint density at radius 3 is 3.05 bits per heavy atom. The number of rotatable bonds is 5. The van der Waals surface area contributed by atoms with E-state index in [0.29, 0.717) is 26.1 Å². The van der Waals surface area contributed by atoms with Crippen molar-refractivity contribution in [2.24, 2.45) is 5.41 Å². The number of aliphatic hydroxyl groups excluding tert-OH is 1. The maximum absolute atomic E-state index is 13.1. The molecular formula is C17H23FN2O2. The van der Waals surface area contributed by atoms with Gasteiger partial charge in [-0.05, 0) is 37.0 Å². The van der Waals surface area contributed by atoms with E-state index >= 15 is 0 Å². The molecule has 0 aromatic heterocycles. The SMILES string of the molecule is C=CC[C@]1(CO)CCCN(C(=O)NCc2cccc(F)c2)C1. The molecule has 1 aliphatic rings. The summed E-state index contributed by atoms with van der Waals surface area (Å²) in [6.07, 6.45) is 4.24. The van der Waals surface area contributed by atoms with Gasteiger partial charge in [0.1, 0.15) is 5.82 Å². The predicted octanol–water partition coefficient (Wildman–Crippen LogP) is 2.69. The fourth-order valence-corrected chi connectivity index (χ4v) is 2.98. The van der Waals surface area contributed by atoms with Gasteiger partial charge in [0.05, 0.1) is 6.61 Å². The third-order valence-electron chi connectivity index (χ3n) is 4.19. The Bertz CT molecular complexity index is 535. The Morgan fingerprint density at radius 2 is 2.36 bits per heavy atom. The van der Waals surface area contributed by atoms with Gasteiger partial charge in [0.2, 0.25) is 0 Å². The third-order valence-corrected chi connectivity index (χ3v) is 4.19. The number of amides is 2. The number of carbonyl (C=O) groups excluding carboxylic acids is 1. The largest absolute Gasteiger partial charge is 0.396 e. The predicted molar refractivity (Wildman–Crippen MR) is 83.8 cm³/mol. The summed E-state index contributed by atoms with van der Waals surface area (Å²) in [5.41, 5.74) is 0.445. The van der Waals surface area contributed by atoms with Crippen molar-refractivity contribution in [2.75, 3.05) is 19.7 Å². The minimum absolute atomic E-state index is 0.0483. The van der Waals surface area contributed by atoms with Crippen LogP contribution < -0.4 is 5.32 Å². The molecular weight excluding hydrogens is 283 g/mol. The van der Waals surface area contributed by atoms with Gasteiger partial charge < -0.3 is 15.3 Å². The molecule has 2 N–H and O–H groups in total. The lowest BCUT2D eigenvalue weighted by molar-refractivity contribution is 0.0492. The van der Waals surface area contributed by atoms with Gasteiger partial charge >= 0.3 is 6.03 Å². The topological polar surface area (TPSA) is 52.6 Å². The summed E-state index contributed by atoms with van der Waals surface area (Å²) in [4.78, 5) is 14.0. The second kappa shape index (κ2) is 7.40. The van der Waals surface area contributed by atoms with Gasteiger partial charge in [-0.1, -0.05) is 18.2 Å². The molecule has 1 heterocycles. The fourth-order valence-electron chi connectivity index (χ4n) is 2.98. The molecule has 120 valence electrons. The van der Waals surface area contributed by atoms with E-state index in [2.05, 4.69) is 11.9 Å². The summed E-state index contributed by atoms with van der Waals surface area (Å²) in [6.45, 7) is 5.27. The Labute approximate surface area is 130 Å². The summed E-state index contributed by atoms with van der Waals surface area (Å²) in [5, 5.41) is 12.5. The summed E-state index contributed by atoms with van der Waals surface area (Å²) >= 11 is 0. The number of aliphatic hydroxyl groups is 1. The zero-order chi connectivity index (χ0) is 16.0. The quantitative estimate of drug-likeness (QED) is 0.822. The zero-order valence-electron chi connectivity index (χ0n) is 12.7. The summed E-state index contributed by atoms with van der Waals surface area (Å²) < 4.78 is 13.1. The molecule has 2 rings (SSSR count). The van der Waals surface area contributed by atoms with Gasteiger partial charge in [-0.15, -0.1) is 6.58 Å². The molecule has 2 amide bonds. The minimum atomic E-state index is -0.310. The van der Waals surface area contributed by atoms with E-state index in [1.165, 1.54) is 12.1 Å². The lowest BCUT2D eigenvalue weighted by Crippen LogP contribution is -2.50. The van der Waals surface area contributed by atoms with Gasteiger partial charge in [0, 0.05) is 25.0 Å². The molecule has 1 aromatic rings. The number of piperidine rings is 1. The number of urea groups is 1. The highest BCUT2D eigenvalue weighted by atomic mass is 19.1. The highest BCUT2D eigenvalue weighted by Crippen LogP contribution is 2.33. The van der Waals surface area contributed by atoms with Crippen LogP contribution in [0.5, 0.6) is 0 Å². The number of allylic oxidation sites excluding steroid dienone is 1. The molecule has 0 unspecified atom stereocenters. The summed E-state index contributed by atoms with van der Waals surface area (Å²) in [6, 6.07) is 6.01. The number of nitrogens with one attached hydrogen (secondary N) is 1. The molecule has 0 saturated carbocycles. The van der Waals surface area contributed by atoms with Crippen LogP contribution in [0.3, 0.4) is 0 Å². The molecule has 1 aliphatic heterocycles. The molecule has 1 aromatic carbocycles. The van der Waals surface area contributed by atoms with Crippen LogP contribution in [0.15, 0.2) is 36.9 Å². The molecule has 1 saturated heterocycles. The number of carbonyl (C=O) groups is 1. The average molecular weight is 306 g/mol. The normalized spacial score (nSPS) is 21.5. The van der Waals surface area contributed by atoms with Gasteiger partial charge in [-0.25, -0.2) is 9.18 Å². The molecule has 0 spiro atoms. The average Bonchev–Trinajstić information content (AvgIpc) is 2.53. The number of hydrogen-bond donors (Lipinski definition) is 2. The molecule has 4 nitrogen and oxygen atoms in total. The highest BCUT2D eigenvalue weighted by Gasteiger charge is 2.35. The first-order chi connectivity index (χ1) is 10.6. The van der Waals surface area contributed by atoms with Gasteiger partial charge in [-0.2, -0.15) is 0 Å². The van der Waals surface area contributed by atoms with Gasteiger partial charge in [0.25, 0.3) is 0 Å². The smallest absolute Gasteiger partial charge is 0.317 e. The second-order valence-electron chi connectivity index (χ2n) is 5.96. The van der Waals surface area contributed by atoms with Crippen LogP contribution in [0.2, 0.25) is 0 Å². The van der Waals surface area contributed by atoms with Crippen LogP contribution in [-0.2, 0) is 6.54 Å².